The topological polar surface area (TPSA) is 57.9 Å². The van der Waals surface area contributed by atoms with Gasteiger partial charge in [-0.1, -0.05) is 19.6 Å². The molecule has 1 unspecified atom stereocenters. The van der Waals surface area contributed by atoms with Gasteiger partial charge in [-0.05, 0) is 30.9 Å². The molecule has 1 aliphatic carbocycles. The molecule has 2 heterocycles. The molecular weight excluding hydrogens is 280 g/mol. The standard InChI is InChI=1S/C16H24N2O2Si/c1-21(2,3)9-8-20-15(11-4-5-11)13-10-18-16(19)14-12(13)6-7-17-14/h6-7,10-11,15,17H,4-5,8-9H2,1-3H3,(H,18,19). The fourth-order valence-corrected chi connectivity index (χ4v) is 3.43. The van der Waals surface area contributed by atoms with Crippen molar-refractivity contribution >= 4 is 19.0 Å². The van der Waals surface area contributed by atoms with E-state index in [4.69, 9.17) is 4.74 Å². The van der Waals surface area contributed by atoms with Crippen LogP contribution in [0.25, 0.3) is 10.9 Å². The minimum absolute atomic E-state index is 0.0598. The van der Waals surface area contributed by atoms with Gasteiger partial charge in [-0.3, -0.25) is 4.79 Å². The van der Waals surface area contributed by atoms with Crippen molar-refractivity contribution < 1.29 is 4.74 Å². The Hall–Kier alpha value is -1.33. The van der Waals surface area contributed by atoms with E-state index in [1.165, 1.54) is 18.9 Å². The number of aromatic amines is 2. The van der Waals surface area contributed by atoms with Gasteiger partial charge in [0, 0.05) is 38.0 Å². The van der Waals surface area contributed by atoms with Crippen molar-refractivity contribution in [1.29, 1.82) is 0 Å². The Balaban J connectivity index is 1.84. The summed E-state index contributed by atoms with van der Waals surface area (Å²) in [7, 11) is -1.08. The maximum Gasteiger partial charge on any atom is 0.272 e. The number of pyridine rings is 1. The van der Waals surface area contributed by atoms with E-state index >= 15 is 0 Å². The van der Waals surface area contributed by atoms with Crippen LogP contribution in [0.5, 0.6) is 0 Å². The molecule has 1 atom stereocenters. The monoisotopic (exact) mass is 304 g/mol. The van der Waals surface area contributed by atoms with Gasteiger partial charge in [-0.25, -0.2) is 0 Å². The normalized spacial score (nSPS) is 17.3. The molecule has 2 aromatic heterocycles. The Morgan fingerprint density at radius 1 is 1.33 bits per heavy atom. The fourth-order valence-electron chi connectivity index (χ4n) is 2.70. The molecule has 0 saturated heterocycles. The molecule has 0 aliphatic heterocycles. The first-order valence-corrected chi connectivity index (χ1v) is 11.5. The van der Waals surface area contributed by atoms with E-state index in [-0.39, 0.29) is 11.7 Å². The molecular formula is C16H24N2O2Si. The minimum Gasteiger partial charge on any atom is -0.373 e. The second kappa shape index (κ2) is 5.46. The Kier molecular flexibility index (Phi) is 3.80. The van der Waals surface area contributed by atoms with Crippen LogP contribution in [0.15, 0.2) is 23.3 Å². The zero-order valence-electron chi connectivity index (χ0n) is 13.0. The summed E-state index contributed by atoms with van der Waals surface area (Å²) in [6.07, 6.45) is 6.24. The average Bonchev–Trinajstić information content (AvgIpc) is 3.11. The molecule has 2 N–H and O–H groups in total. The van der Waals surface area contributed by atoms with E-state index in [0.29, 0.717) is 11.4 Å². The van der Waals surface area contributed by atoms with Crippen LogP contribution in [0.4, 0.5) is 0 Å². The first-order valence-electron chi connectivity index (χ1n) is 7.76. The Morgan fingerprint density at radius 3 is 2.76 bits per heavy atom. The van der Waals surface area contributed by atoms with E-state index < -0.39 is 8.07 Å². The fraction of sp³-hybridized carbons (Fsp3) is 0.562. The van der Waals surface area contributed by atoms with Gasteiger partial charge in [0.15, 0.2) is 0 Å². The third-order valence-corrected chi connectivity index (χ3v) is 5.85. The van der Waals surface area contributed by atoms with Crippen LogP contribution in [-0.4, -0.2) is 24.6 Å². The third-order valence-electron chi connectivity index (χ3n) is 4.15. The lowest BCUT2D eigenvalue weighted by molar-refractivity contribution is 0.0467. The highest BCUT2D eigenvalue weighted by molar-refractivity contribution is 6.76. The smallest absolute Gasteiger partial charge is 0.272 e. The SMILES string of the molecule is C[Si](C)(C)CCOC(c1c[nH]c(=O)c2[nH]ccc12)C1CC1. The quantitative estimate of drug-likeness (QED) is 0.800. The number of ether oxygens (including phenoxy) is 1. The van der Waals surface area contributed by atoms with Crippen molar-refractivity contribution in [3.8, 4) is 0 Å². The van der Waals surface area contributed by atoms with Gasteiger partial charge in [0.2, 0.25) is 0 Å². The highest BCUT2D eigenvalue weighted by Crippen LogP contribution is 2.44. The summed E-state index contributed by atoms with van der Waals surface area (Å²) in [4.78, 5) is 17.7. The van der Waals surface area contributed by atoms with Crippen molar-refractivity contribution in [3.05, 3.63) is 34.4 Å². The molecule has 0 radical (unpaired) electrons. The summed E-state index contributed by atoms with van der Waals surface area (Å²) in [6, 6.07) is 3.16. The van der Waals surface area contributed by atoms with Crippen LogP contribution in [0.2, 0.25) is 25.7 Å². The lowest BCUT2D eigenvalue weighted by Gasteiger charge is -2.22. The number of nitrogens with one attached hydrogen (secondary N) is 2. The number of rotatable bonds is 6. The Morgan fingerprint density at radius 2 is 2.10 bits per heavy atom. The molecule has 4 nitrogen and oxygen atoms in total. The lowest BCUT2D eigenvalue weighted by atomic mass is 10.0. The molecule has 2 aromatic rings. The van der Waals surface area contributed by atoms with Crippen LogP contribution in [0.1, 0.15) is 24.5 Å². The van der Waals surface area contributed by atoms with E-state index in [1.54, 1.807) is 0 Å². The molecule has 1 fully saturated rings. The molecule has 0 aromatic carbocycles. The van der Waals surface area contributed by atoms with Gasteiger partial charge in [-0.15, -0.1) is 0 Å². The van der Waals surface area contributed by atoms with Crippen LogP contribution in [-0.2, 0) is 4.74 Å². The Bertz CT molecular complexity index is 679. The van der Waals surface area contributed by atoms with Crippen molar-refractivity contribution in [2.24, 2.45) is 5.92 Å². The molecule has 1 aliphatic rings. The highest BCUT2D eigenvalue weighted by atomic mass is 28.3. The van der Waals surface area contributed by atoms with Gasteiger partial charge in [0.25, 0.3) is 5.56 Å². The van der Waals surface area contributed by atoms with Gasteiger partial charge >= 0.3 is 0 Å². The van der Waals surface area contributed by atoms with Crippen LogP contribution in [0.3, 0.4) is 0 Å². The number of aromatic nitrogens is 2. The molecule has 21 heavy (non-hydrogen) atoms. The Labute approximate surface area is 125 Å². The summed E-state index contributed by atoms with van der Waals surface area (Å²) in [5.41, 5.74) is 1.73. The van der Waals surface area contributed by atoms with Gasteiger partial charge < -0.3 is 14.7 Å². The zero-order valence-corrected chi connectivity index (χ0v) is 14.0. The maximum atomic E-state index is 11.8. The van der Waals surface area contributed by atoms with E-state index in [9.17, 15) is 4.79 Å². The van der Waals surface area contributed by atoms with Gasteiger partial charge in [0.1, 0.15) is 5.52 Å². The predicted octanol–water partition coefficient (Wildman–Crippen LogP) is 3.66. The molecule has 5 heteroatoms. The zero-order chi connectivity index (χ0) is 15.0. The molecule has 0 amide bonds. The van der Waals surface area contributed by atoms with Crippen molar-refractivity contribution in [1.82, 2.24) is 9.97 Å². The number of H-pyrrole nitrogens is 2. The van der Waals surface area contributed by atoms with E-state index in [2.05, 4.69) is 29.6 Å². The first kappa shape index (κ1) is 14.6. The number of fused-ring (bicyclic) bond motifs is 1. The van der Waals surface area contributed by atoms with E-state index in [0.717, 1.165) is 17.6 Å². The molecule has 0 bridgehead atoms. The van der Waals surface area contributed by atoms with Crippen molar-refractivity contribution in [3.63, 3.8) is 0 Å². The molecule has 1 saturated carbocycles. The molecule has 0 spiro atoms. The van der Waals surface area contributed by atoms with Crippen LogP contribution >= 0.6 is 0 Å². The van der Waals surface area contributed by atoms with E-state index in [1.807, 2.05) is 18.5 Å². The average molecular weight is 304 g/mol. The second-order valence-electron chi connectivity index (χ2n) is 7.28. The summed E-state index contributed by atoms with van der Waals surface area (Å²) in [5, 5.41) is 1.00. The number of hydrogen-bond donors (Lipinski definition) is 2. The first-order chi connectivity index (χ1) is 9.96. The largest absolute Gasteiger partial charge is 0.373 e. The predicted molar refractivity (Wildman–Crippen MR) is 88.5 cm³/mol. The van der Waals surface area contributed by atoms with Crippen LogP contribution < -0.4 is 5.56 Å². The highest BCUT2D eigenvalue weighted by Gasteiger charge is 2.34. The maximum absolute atomic E-state index is 11.8. The van der Waals surface area contributed by atoms with Crippen LogP contribution in [0, 0.1) is 5.92 Å². The third kappa shape index (κ3) is 3.30. The lowest BCUT2D eigenvalue weighted by Crippen LogP contribution is -2.23. The summed E-state index contributed by atoms with van der Waals surface area (Å²) >= 11 is 0. The summed E-state index contributed by atoms with van der Waals surface area (Å²) in [5.74, 6) is 0.607. The molecule has 114 valence electrons. The summed E-state index contributed by atoms with van der Waals surface area (Å²) in [6.45, 7) is 7.93. The summed E-state index contributed by atoms with van der Waals surface area (Å²) < 4.78 is 6.24. The van der Waals surface area contributed by atoms with Crippen molar-refractivity contribution in [2.45, 2.75) is 44.6 Å². The van der Waals surface area contributed by atoms with Crippen molar-refractivity contribution in [2.75, 3.05) is 6.61 Å². The number of hydrogen-bond acceptors (Lipinski definition) is 2. The second-order valence-corrected chi connectivity index (χ2v) is 12.9. The van der Waals surface area contributed by atoms with Gasteiger partial charge in [-0.2, -0.15) is 0 Å². The minimum atomic E-state index is -1.08. The molecule has 3 rings (SSSR count). The van der Waals surface area contributed by atoms with Gasteiger partial charge in [0.05, 0.1) is 6.10 Å².